The zero-order chi connectivity index (χ0) is 22.6. The number of carbonyl (C=O) groups is 2. The maximum Gasteiger partial charge on any atom is 0.416 e. The Bertz CT molecular complexity index is 999. The van der Waals surface area contributed by atoms with E-state index in [2.05, 4.69) is 0 Å². The van der Waals surface area contributed by atoms with Crippen molar-refractivity contribution in [2.45, 2.75) is 18.6 Å². The highest BCUT2D eigenvalue weighted by atomic mass is 19.4. The molecular weight excluding hydrogens is 409 g/mol. The van der Waals surface area contributed by atoms with Crippen LogP contribution in [0.25, 0.3) is 0 Å². The van der Waals surface area contributed by atoms with Gasteiger partial charge in [0, 0.05) is 25.3 Å². The molecule has 0 saturated carbocycles. The van der Waals surface area contributed by atoms with Gasteiger partial charge in [0.2, 0.25) is 11.8 Å². The second-order valence-electron chi connectivity index (χ2n) is 7.16. The van der Waals surface area contributed by atoms with Crippen LogP contribution < -0.4 is 10.6 Å². The van der Waals surface area contributed by atoms with Crippen molar-refractivity contribution in [2.24, 2.45) is 5.73 Å². The molecule has 3 rings (SSSR count). The third-order valence-corrected chi connectivity index (χ3v) is 5.13. The minimum absolute atomic E-state index is 0.00703. The molecule has 0 aromatic heterocycles. The Labute approximate surface area is 177 Å². The van der Waals surface area contributed by atoms with Crippen molar-refractivity contribution < 1.29 is 22.8 Å². The molecule has 0 aliphatic carbocycles. The molecule has 1 atom stereocenters. The van der Waals surface area contributed by atoms with Gasteiger partial charge in [-0.2, -0.15) is 18.4 Å². The molecule has 2 aromatic carbocycles. The lowest BCUT2D eigenvalue weighted by atomic mass is 10.0. The number of nitrogens with zero attached hydrogens (tertiary/aromatic N) is 3. The first-order valence-electron chi connectivity index (χ1n) is 9.53. The lowest BCUT2D eigenvalue weighted by Gasteiger charge is -2.41. The summed E-state index contributed by atoms with van der Waals surface area (Å²) < 4.78 is 39.0. The number of rotatable bonds is 5. The van der Waals surface area contributed by atoms with Gasteiger partial charge in [0.05, 0.1) is 23.6 Å². The first kappa shape index (κ1) is 22.2. The smallest absolute Gasteiger partial charge is 0.368 e. The van der Waals surface area contributed by atoms with E-state index in [-0.39, 0.29) is 25.5 Å². The number of anilines is 1. The van der Waals surface area contributed by atoms with E-state index < -0.39 is 23.7 Å². The molecule has 1 unspecified atom stereocenters. The van der Waals surface area contributed by atoms with Gasteiger partial charge in [-0.15, -0.1) is 0 Å². The number of nitrogens with two attached hydrogens (primary N) is 1. The van der Waals surface area contributed by atoms with Crippen molar-refractivity contribution in [3.05, 3.63) is 71.6 Å². The van der Waals surface area contributed by atoms with Gasteiger partial charge < -0.3 is 15.5 Å². The average Bonchev–Trinajstić information content (AvgIpc) is 2.77. The first-order valence-corrected chi connectivity index (χ1v) is 9.53. The number of carbonyl (C=O) groups excluding carboxylic acids is 2. The van der Waals surface area contributed by atoms with Gasteiger partial charge in [0.15, 0.2) is 0 Å². The summed E-state index contributed by atoms with van der Waals surface area (Å²) in [4.78, 5) is 27.6. The molecule has 1 saturated heterocycles. The van der Waals surface area contributed by atoms with Gasteiger partial charge in [0.1, 0.15) is 6.04 Å². The highest BCUT2D eigenvalue weighted by Gasteiger charge is 2.35. The largest absolute Gasteiger partial charge is 0.416 e. The van der Waals surface area contributed by atoms with Crippen LogP contribution in [0.5, 0.6) is 0 Å². The number of halogens is 3. The number of nitriles is 1. The summed E-state index contributed by atoms with van der Waals surface area (Å²) in [5.41, 5.74) is 6.36. The van der Waals surface area contributed by atoms with Crippen molar-refractivity contribution >= 4 is 17.5 Å². The number of hydrogen-bond acceptors (Lipinski definition) is 4. The predicted octanol–water partition coefficient (Wildman–Crippen LogP) is 2.53. The summed E-state index contributed by atoms with van der Waals surface area (Å²) >= 11 is 0. The summed E-state index contributed by atoms with van der Waals surface area (Å²) in [6, 6.07) is 12.6. The zero-order valence-corrected chi connectivity index (χ0v) is 16.5. The second-order valence-corrected chi connectivity index (χ2v) is 7.16. The van der Waals surface area contributed by atoms with Crippen LogP contribution in [0.2, 0.25) is 0 Å². The van der Waals surface area contributed by atoms with Gasteiger partial charge in [-0.25, -0.2) is 0 Å². The topological polar surface area (TPSA) is 90.4 Å². The summed E-state index contributed by atoms with van der Waals surface area (Å²) in [6.07, 6.45) is -2.74. The van der Waals surface area contributed by atoms with E-state index in [1.54, 1.807) is 29.2 Å². The molecule has 2 aromatic rings. The van der Waals surface area contributed by atoms with Gasteiger partial charge >= 0.3 is 6.18 Å². The molecule has 1 aliphatic heterocycles. The van der Waals surface area contributed by atoms with Crippen molar-refractivity contribution in [3.8, 4) is 6.07 Å². The van der Waals surface area contributed by atoms with Crippen molar-refractivity contribution in [1.29, 1.82) is 5.26 Å². The van der Waals surface area contributed by atoms with Gasteiger partial charge in [-0.05, 0) is 42.3 Å². The zero-order valence-electron chi connectivity index (χ0n) is 16.5. The SMILES string of the molecule is N#Cc1ccc(C[CH]C(=O)N2CCN(c3cccc(C(F)(F)F)c3)CC2C(N)=O)cc1. The minimum atomic E-state index is -4.47. The Morgan fingerprint density at radius 3 is 2.48 bits per heavy atom. The van der Waals surface area contributed by atoms with Crippen LogP contribution in [0.15, 0.2) is 48.5 Å². The fourth-order valence-electron chi connectivity index (χ4n) is 3.44. The number of hydrogen-bond donors (Lipinski definition) is 1. The van der Waals surface area contributed by atoms with Gasteiger partial charge in [0.25, 0.3) is 0 Å². The van der Waals surface area contributed by atoms with E-state index >= 15 is 0 Å². The fraction of sp³-hybridized carbons (Fsp3) is 0.273. The van der Waals surface area contributed by atoms with Crippen LogP contribution in [0.3, 0.4) is 0 Å². The molecule has 6 nitrogen and oxygen atoms in total. The van der Waals surface area contributed by atoms with Crippen LogP contribution in [0.4, 0.5) is 18.9 Å². The Morgan fingerprint density at radius 1 is 1.16 bits per heavy atom. The molecule has 161 valence electrons. The summed E-state index contributed by atoms with van der Waals surface area (Å²) in [6.45, 7) is 0.418. The third kappa shape index (κ3) is 5.34. The van der Waals surface area contributed by atoms with Crippen molar-refractivity contribution in [3.63, 3.8) is 0 Å². The predicted molar refractivity (Wildman–Crippen MR) is 108 cm³/mol. The van der Waals surface area contributed by atoms with Crippen LogP contribution in [-0.4, -0.2) is 42.4 Å². The summed E-state index contributed by atoms with van der Waals surface area (Å²) in [5.74, 6) is -1.10. The Balaban J connectivity index is 1.68. The van der Waals surface area contributed by atoms with Gasteiger partial charge in [-0.3, -0.25) is 9.59 Å². The molecule has 0 bridgehead atoms. The molecule has 1 fully saturated rings. The van der Waals surface area contributed by atoms with E-state index in [0.717, 1.165) is 17.7 Å². The van der Waals surface area contributed by atoms with E-state index in [1.165, 1.54) is 23.5 Å². The highest BCUT2D eigenvalue weighted by Crippen LogP contribution is 2.32. The summed E-state index contributed by atoms with van der Waals surface area (Å²) in [5, 5.41) is 8.83. The van der Waals surface area contributed by atoms with E-state index in [0.29, 0.717) is 17.7 Å². The Hall–Kier alpha value is -3.54. The highest BCUT2D eigenvalue weighted by molar-refractivity contribution is 5.91. The fourth-order valence-corrected chi connectivity index (χ4v) is 3.44. The number of piperazine rings is 1. The van der Waals surface area contributed by atoms with Gasteiger partial charge in [-0.1, -0.05) is 18.2 Å². The molecule has 1 heterocycles. The maximum absolute atomic E-state index is 13.0. The quantitative estimate of drug-likeness (QED) is 0.791. The maximum atomic E-state index is 13.0. The van der Waals surface area contributed by atoms with E-state index in [1.807, 2.05) is 6.07 Å². The Kier molecular flexibility index (Phi) is 6.49. The third-order valence-electron chi connectivity index (χ3n) is 5.13. The lowest BCUT2D eigenvalue weighted by Crippen LogP contribution is -2.60. The summed E-state index contributed by atoms with van der Waals surface area (Å²) in [7, 11) is 0. The first-order chi connectivity index (χ1) is 14.7. The molecular formula is C22H20F3N4O2. The van der Waals surface area contributed by atoms with E-state index in [4.69, 9.17) is 11.0 Å². The van der Waals surface area contributed by atoms with E-state index in [9.17, 15) is 22.8 Å². The van der Waals surface area contributed by atoms with Crippen molar-refractivity contribution in [2.75, 3.05) is 24.5 Å². The standard InChI is InChI=1S/C22H20F3N4O2/c23-22(24,25)17-2-1-3-18(12-17)28-10-11-29(19(14-28)21(27)31)20(30)9-8-15-4-6-16(13-26)7-5-15/h1-7,9,12,19H,8,10-11,14H2,(H2,27,31). The molecule has 9 heteroatoms. The normalized spacial score (nSPS) is 16.6. The molecule has 2 N–H and O–H groups in total. The number of primary amides is 1. The molecule has 2 amide bonds. The molecule has 1 radical (unpaired) electrons. The monoisotopic (exact) mass is 429 g/mol. The number of alkyl halides is 3. The molecule has 0 spiro atoms. The number of benzene rings is 2. The average molecular weight is 429 g/mol. The second kappa shape index (κ2) is 9.08. The van der Waals surface area contributed by atoms with Crippen molar-refractivity contribution in [1.82, 2.24) is 4.90 Å². The van der Waals surface area contributed by atoms with Crippen LogP contribution in [0.1, 0.15) is 16.7 Å². The van der Waals surface area contributed by atoms with Crippen LogP contribution >= 0.6 is 0 Å². The number of amides is 2. The van der Waals surface area contributed by atoms with Crippen LogP contribution in [-0.2, 0) is 22.2 Å². The molecule has 1 aliphatic rings. The molecule has 31 heavy (non-hydrogen) atoms. The lowest BCUT2D eigenvalue weighted by molar-refractivity contribution is -0.137. The Morgan fingerprint density at radius 2 is 1.87 bits per heavy atom. The minimum Gasteiger partial charge on any atom is -0.368 e. The van der Waals surface area contributed by atoms with Crippen LogP contribution in [0, 0.1) is 17.8 Å².